The molecule has 0 aliphatic rings. The lowest BCUT2D eigenvalue weighted by Crippen LogP contribution is -2.46. The Hall–Kier alpha value is -3.59. The molecular formula is C26H32ClN3O6. The molecule has 0 saturated heterocycles. The quantitative estimate of drug-likeness (QED) is 0.236. The molecule has 2 aromatic rings. The van der Waals surface area contributed by atoms with Crippen LogP contribution in [0.3, 0.4) is 0 Å². The number of nitrogens with one attached hydrogen (secondary N) is 2. The zero-order chi connectivity index (χ0) is 26.5. The highest BCUT2D eigenvalue weighted by molar-refractivity contribution is 6.30. The Kier molecular flexibility index (Phi) is 11.7. The first-order valence-corrected chi connectivity index (χ1v) is 12.1. The van der Waals surface area contributed by atoms with Gasteiger partial charge in [-0.25, -0.2) is 10.2 Å². The van der Waals surface area contributed by atoms with Gasteiger partial charge in [0.15, 0.2) is 18.1 Å². The average molecular weight is 518 g/mol. The van der Waals surface area contributed by atoms with Crippen molar-refractivity contribution in [1.29, 1.82) is 0 Å². The molecule has 0 spiro atoms. The van der Waals surface area contributed by atoms with Gasteiger partial charge in [-0.1, -0.05) is 25.4 Å². The van der Waals surface area contributed by atoms with E-state index in [0.717, 1.165) is 0 Å². The Balaban J connectivity index is 2.05. The van der Waals surface area contributed by atoms with Crippen molar-refractivity contribution in [1.82, 2.24) is 10.7 Å². The van der Waals surface area contributed by atoms with Gasteiger partial charge in [0.2, 0.25) is 0 Å². The lowest BCUT2D eigenvalue weighted by atomic mass is 10.0. The van der Waals surface area contributed by atoms with Crippen molar-refractivity contribution >= 4 is 35.6 Å². The number of hydrogen-bond acceptors (Lipinski definition) is 7. The van der Waals surface area contributed by atoms with E-state index in [1.165, 1.54) is 6.21 Å². The normalized spacial score (nSPS) is 11.7. The topological polar surface area (TPSA) is 115 Å². The van der Waals surface area contributed by atoms with E-state index in [-0.39, 0.29) is 25.0 Å². The molecule has 2 rings (SSSR count). The van der Waals surface area contributed by atoms with E-state index in [2.05, 4.69) is 15.8 Å². The van der Waals surface area contributed by atoms with Crippen molar-refractivity contribution in [2.24, 2.45) is 11.0 Å². The maximum absolute atomic E-state index is 12.8. The minimum atomic E-state index is -0.775. The molecular weight excluding hydrogens is 486 g/mol. The number of rotatable bonds is 13. The Bertz CT molecular complexity index is 1060. The molecule has 2 N–H and O–H groups in total. The average Bonchev–Trinajstić information content (AvgIpc) is 2.83. The number of esters is 1. The molecule has 9 nitrogen and oxygen atoms in total. The third-order valence-electron chi connectivity index (χ3n) is 4.74. The molecule has 10 heteroatoms. The van der Waals surface area contributed by atoms with Gasteiger partial charge in [0.1, 0.15) is 6.04 Å². The number of hydrazone groups is 1. The summed E-state index contributed by atoms with van der Waals surface area (Å²) in [6, 6.07) is 10.7. The predicted octanol–water partition coefficient (Wildman–Crippen LogP) is 3.98. The molecule has 1 unspecified atom stereocenters. The van der Waals surface area contributed by atoms with E-state index in [4.69, 9.17) is 25.8 Å². The SMILES string of the molecule is CCOC(=O)COc1ccc(/C=N/NC(=O)C(CC(C)C)NC(=O)c2ccc(Cl)cc2)cc1OCC. The molecule has 0 aliphatic carbocycles. The van der Waals surface area contributed by atoms with Crippen molar-refractivity contribution in [2.45, 2.75) is 40.2 Å². The van der Waals surface area contributed by atoms with Crippen molar-refractivity contribution in [3.8, 4) is 11.5 Å². The summed E-state index contributed by atoms with van der Waals surface area (Å²) in [6.45, 7) is 7.87. The number of ether oxygens (including phenoxy) is 3. The highest BCUT2D eigenvalue weighted by atomic mass is 35.5. The fourth-order valence-corrected chi connectivity index (χ4v) is 3.25. The summed E-state index contributed by atoms with van der Waals surface area (Å²) >= 11 is 5.88. The van der Waals surface area contributed by atoms with Gasteiger partial charge < -0.3 is 19.5 Å². The number of carbonyl (C=O) groups excluding carboxylic acids is 3. The van der Waals surface area contributed by atoms with Gasteiger partial charge in [-0.05, 0) is 74.2 Å². The number of carbonyl (C=O) groups is 3. The van der Waals surface area contributed by atoms with E-state index in [9.17, 15) is 14.4 Å². The summed E-state index contributed by atoms with van der Waals surface area (Å²) in [5.74, 6) is -0.338. The summed E-state index contributed by atoms with van der Waals surface area (Å²) in [7, 11) is 0. The lowest BCUT2D eigenvalue weighted by molar-refractivity contribution is -0.145. The minimum absolute atomic E-state index is 0.158. The van der Waals surface area contributed by atoms with Crippen LogP contribution in [0.25, 0.3) is 0 Å². The molecule has 0 aliphatic heterocycles. The van der Waals surface area contributed by atoms with Crippen LogP contribution in [-0.2, 0) is 14.3 Å². The number of nitrogens with zero attached hydrogens (tertiary/aromatic N) is 1. The van der Waals surface area contributed by atoms with Gasteiger partial charge in [0, 0.05) is 10.6 Å². The standard InChI is InChI=1S/C26H32ClN3O6/c1-5-34-23-14-18(7-12-22(23)36-16-24(31)35-6-2)15-28-30-26(33)21(13-17(3)4)29-25(32)19-8-10-20(27)11-9-19/h7-12,14-15,17,21H,5-6,13,16H2,1-4H3,(H,29,32)(H,30,33)/b28-15+. The lowest BCUT2D eigenvalue weighted by Gasteiger charge is -2.19. The van der Waals surface area contributed by atoms with Crippen molar-refractivity contribution in [2.75, 3.05) is 19.8 Å². The van der Waals surface area contributed by atoms with Crippen LogP contribution in [0.15, 0.2) is 47.6 Å². The summed E-state index contributed by atoms with van der Waals surface area (Å²) in [5, 5.41) is 7.30. The first-order chi connectivity index (χ1) is 17.2. The maximum Gasteiger partial charge on any atom is 0.344 e. The van der Waals surface area contributed by atoms with Crippen LogP contribution in [0.5, 0.6) is 11.5 Å². The number of amides is 2. The summed E-state index contributed by atoms with van der Waals surface area (Å²) in [5.41, 5.74) is 3.52. The van der Waals surface area contributed by atoms with Crippen molar-refractivity contribution in [3.63, 3.8) is 0 Å². The van der Waals surface area contributed by atoms with Crippen LogP contribution in [0.1, 0.15) is 50.0 Å². The predicted molar refractivity (Wildman–Crippen MR) is 138 cm³/mol. The fourth-order valence-electron chi connectivity index (χ4n) is 3.13. The van der Waals surface area contributed by atoms with Gasteiger partial charge in [0.25, 0.3) is 11.8 Å². The van der Waals surface area contributed by atoms with Crippen LogP contribution in [0.4, 0.5) is 0 Å². The third-order valence-corrected chi connectivity index (χ3v) is 4.99. The first kappa shape index (κ1) is 28.6. The third kappa shape index (κ3) is 9.58. The number of benzene rings is 2. The second-order valence-electron chi connectivity index (χ2n) is 8.13. The van der Waals surface area contributed by atoms with Crippen LogP contribution in [0.2, 0.25) is 5.02 Å². The molecule has 36 heavy (non-hydrogen) atoms. The van der Waals surface area contributed by atoms with Crippen molar-refractivity contribution in [3.05, 3.63) is 58.6 Å². The maximum atomic E-state index is 12.8. The second kappa shape index (κ2) is 14.7. The highest BCUT2D eigenvalue weighted by Gasteiger charge is 2.22. The van der Waals surface area contributed by atoms with E-state index in [0.29, 0.717) is 40.7 Å². The highest BCUT2D eigenvalue weighted by Crippen LogP contribution is 2.28. The van der Waals surface area contributed by atoms with E-state index >= 15 is 0 Å². The molecule has 0 bridgehead atoms. The Morgan fingerprint density at radius 1 is 1.00 bits per heavy atom. The summed E-state index contributed by atoms with van der Waals surface area (Å²) < 4.78 is 15.9. The van der Waals surface area contributed by atoms with Gasteiger partial charge in [-0.15, -0.1) is 0 Å². The largest absolute Gasteiger partial charge is 0.490 e. The fraction of sp³-hybridized carbons (Fsp3) is 0.385. The second-order valence-corrected chi connectivity index (χ2v) is 8.57. The molecule has 194 valence electrons. The van der Waals surface area contributed by atoms with E-state index in [1.807, 2.05) is 20.8 Å². The first-order valence-electron chi connectivity index (χ1n) is 11.7. The van der Waals surface area contributed by atoms with Crippen LogP contribution in [0, 0.1) is 5.92 Å². The Morgan fingerprint density at radius 3 is 2.36 bits per heavy atom. The van der Waals surface area contributed by atoms with E-state index in [1.54, 1.807) is 49.4 Å². The number of halogens is 1. The zero-order valence-corrected chi connectivity index (χ0v) is 21.6. The molecule has 0 radical (unpaired) electrons. The molecule has 1 atom stereocenters. The van der Waals surface area contributed by atoms with Gasteiger partial charge in [0.05, 0.1) is 19.4 Å². The monoisotopic (exact) mass is 517 g/mol. The van der Waals surface area contributed by atoms with Crippen LogP contribution < -0.4 is 20.2 Å². The summed E-state index contributed by atoms with van der Waals surface area (Å²) in [4.78, 5) is 36.9. The Morgan fingerprint density at radius 2 is 1.72 bits per heavy atom. The van der Waals surface area contributed by atoms with Gasteiger partial charge >= 0.3 is 5.97 Å². The van der Waals surface area contributed by atoms with Gasteiger partial charge in [-0.2, -0.15) is 5.10 Å². The van der Waals surface area contributed by atoms with Crippen LogP contribution in [-0.4, -0.2) is 49.9 Å². The smallest absolute Gasteiger partial charge is 0.344 e. The molecule has 0 aromatic heterocycles. The molecule has 0 saturated carbocycles. The molecule has 2 amide bonds. The van der Waals surface area contributed by atoms with Crippen molar-refractivity contribution < 1.29 is 28.6 Å². The molecule has 0 heterocycles. The zero-order valence-electron chi connectivity index (χ0n) is 20.9. The molecule has 2 aromatic carbocycles. The molecule has 0 fully saturated rings. The summed E-state index contributed by atoms with van der Waals surface area (Å²) in [6.07, 6.45) is 1.88. The van der Waals surface area contributed by atoms with Crippen LogP contribution >= 0.6 is 11.6 Å². The van der Waals surface area contributed by atoms with E-state index < -0.39 is 17.9 Å². The minimum Gasteiger partial charge on any atom is -0.490 e. The Labute approximate surface area is 216 Å². The number of hydrogen-bond donors (Lipinski definition) is 2. The van der Waals surface area contributed by atoms with Gasteiger partial charge in [-0.3, -0.25) is 9.59 Å².